The predicted octanol–water partition coefficient (Wildman–Crippen LogP) is 2.02. The fraction of sp³-hybridized carbons (Fsp3) is 0.154. The van der Waals surface area contributed by atoms with E-state index >= 15 is 0 Å². The molecule has 2 heterocycles. The number of rotatable bonds is 1. The average Bonchev–Trinajstić information content (AvgIpc) is 2.74. The summed E-state index contributed by atoms with van der Waals surface area (Å²) in [4.78, 5) is 22.5. The van der Waals surface area contributed by atoms with Crippen molar-refractivity contribution >= 4 is 17.1 Å². The number of hydrogen-bond donors (Lipinski definition) is 2. The minimum atomic E-state index is -4.50. The monoisotopic (exact) mass is 309 g/mol. The van der Waals surface area contributed by atoms with E-state index in [4.69, 9.17) is 5.73 Å². The Labute approximate surface area is 121 Å². The highest BCUT2D eigenvalue weighted by molar-refractivity contribution is 5.76. The van der Waals surface area contributed by atoms with Crippen molar-refractivity contribution in [1.29, 1.82) is 0 Å². The molecule has 0 saturated heterocycles. The summed E-state index contributed by atoms with van der Waals surface area (Å²) < 4.78 is 39.6. The Morgan fingerprint density at radius 2 is 2.00 bits per heavy atom. The van der Waals surface area contributed by atoms with Gasteiger partial charge in [0.1, 0.15) is 5.82 Å². The van der Waals surface area contributed by atoms with Gasteiger partial charge < -0.3 is 10.7 Å². The van der Waals surface area contributed by atoms with Crippen LogP contribution in [0.5, 0.6) is 0 Å². The highest BCUT2D eigenvalue weighted by Gasteiger charge is 2.31. The average molecular weight is 309 g/mol. The van der Waals surface area contributed by atoms with Gasteiger partial charge in [0, 0.05) is 5.69 Å². The number of aromatic nitrogens is 4. The molecule has 0 aliphatic carbocycles. The molecule has 0 bridgehead atoms. The van der Waals surface area contributed by atoms with Crippen LogP contribution in [0, 0.1) is 6.92 Å². The molecule has 22 heavy (non-hydrogen) atoms. The van der Waals surface area contributed by atoms with Crippen LogP contribution in [-0.2, 0) is 6.18 Å². The number of fused-ring (bicyclic) bond motifs is 1. The maximum atomic E-state index is 12.8. The number of alkyl halides is 3. The van der Waals surface area contributed by atoms with Crippen molar-refractivity contribution in [2.45, 2.75) is 13.1 Å². The zero-order valence-corrected chi connectivity index (χ0v) is 11.3. The van der Waals surface area contributed by atoms with Crippen LogP contribution in [0.3, 0.4) is 0 Å². The molecule has 1 aromatic carbocycles. The smallest absolute Gasteiger partial charge is 0.369 e. The summed E-state index contributed by atoms with van der Waals surface area (Å²) >= 11 is 0. The Kier molecular flexibility index (Phi) is 2.94. The summed E-state index contributed by atoms with van der Waals surface area (Å²) in [6.45, 7) is 1.57. The van der Waals surface area contributed by atoms with E-state index in [0.717, 1.165) is 16.7 Å². The van der Waals surface area contributed by atoms with Crippen LogP contribution in [0.2, 0.25) is 0 Å². The van der Waals surface area contributed by atoms with Crippen LogP contribution in [0.25, 0.3) is 16.9 Å². The van der Waals surface area contributed by atoms with Gasteiger partial charge in [-0.05, 0) is 25.1 Å². The minimum absolute atomic E-state index is 0.00224. The number of aryl methyl sites for hydroxylation is 1. The normalized spacial score (nSPS) is 12.0. The maximum Gasteiger partial charge on any atom is 0.416 e. The molecule has 0 fully saturated rings. The maximum absolute atomic E-state index is 12.8. The fourth-order valence-corrected chi connectivity index (χ4v) is 2.20. The topological polar surface area (TPSA) is 89.6 Å². The third kappa shape index (κ3) is 2.20. The molecule has 0 aliphatic heterocycles. The van der Waals surface area contributed by atoms with E-state index in [0.29, 0.717) is 5.82 Å². The number of benzene rings is 1. The Bertz CT molecular complexity index is 926. The highest BCUT2D eigenvalue weighted by Crippen LogP contribution is 2.31. The Balaban J connectivity index is 2.32. The zero-order valence-electron chi connectivity index (χ0n) is 11.3. The number of nitrogens with two attached hydrogens (primary N) is 1. The number of hydrogen-bond acceptors (Lipinski definition) is 4. The zero-order chi connectivity index (χ0) is 16.1. The van der Waals surface area contributed by atoms with Gasteiger partial charge in [-0.15, -0.1) is 0 Å². The van der Waals surface area contributed by atoms with Gasteiger partial charge in [-0.25, -0.2) is 4.98 Å². The first kappa shape index (κ1) is 14.1. The number of nitrogens with zero attached hydrogens (tertiary/aromatic N) is 3. The first-order chi connectivity index (χ1) is 10.3. The van der Waals surface area contributed by atoms with Gasteiger partial charge in [-0.2, -0.15) is 18.2 Å². The molecule has 2 aromatic heterocycles. The van der Waals surface area contributed by atoms with Crippen molar-refractivity contribution in [3.8, 4) is 5.69 Å². The van der Waals surface area contributed by atoms with E-state index in [1.54, 1.807) is 6.92 Å². The van der Waals surface area contributed by atoms with Crippen molar-refractivity contribution in [3.63, 3.8) is 0 Å². The number of halogens is 3. The summed E-state index contributed by atoms with van der Waals surface area (Å²) in [6.07, 6.45) is -4.50. The standard InChI is InChI=1S/C13H10F3N5O/c1-6-18-10-9(11(22)19-6)21(12(17)20-10)8-4-2-3-7(5-8)13(14,15)16/h2-5H,1H3,(H3,17,18,19,20,22). The van der Waals surface area contributed by atoms with E-state index < -0.39 is 17.3 Å². The van der Waals surface area contributed by atoms with Crippen LogP contribution in [0.1, 0.15) is 11.4 Å². The predicted molar refractivity (Wildman–Crippen MR) is 73.6 cm³/mol. The molecule has 0 spiro atoms. The Hall–Kier alpha value is -2.84. The van der Waals surface area contributed by atoms with E-state index in [9.17, 15) is 18.0 Å². The molecule has 6 nitrogen and oxygen atoms in total. The van der Waals surface area contributed by atoms with Gasteiger partial charge in [-0.3, -0.25) is 9.36 Å². The lowest BCUT2D eigenvalue weighted by atomic mass is 10.2. The molecule has 0 aliphatic rings. The van der Waals surface area contributed by atoms with Crippen LogP contribution in [0.15, 0.2) is 29.1 Å². The molecule has 0 radical (unpaired) electrons. The number of nitrogens with one attached hydrogen (secondary N) is 1. The lowest BCUT2D eigenvalue weighted by Gasteiger charge is -2.10. The largest absolute Gasteiger partial charge is 0.416 e. The summed E-state index contributed by atoms with van der Waals surface area (Å²) in [5.41, 5.74) is 4.54. The first-order valence-electron chi connectivity index (χ1n) is 6.20. The minimum Gasteiger partial charge on any atom is -0.369 e. The molecular formula is C13H10F3N5O. The molecule has 0 amide bonds. The van der Waals surface area contributed by atoms with Crippen molar-refractivity contribution < 1.29 is 13.2 Å². The number of anilines is 1. The fourth-order valence-electron chi connectivity index (χ4n) is 2.20. The number of aromatic amines is 1. The second-order valence-corrected chi connectivity index (χ2v) is 4.68. The van der Waals surface area contributed by atoms with Crippen LogP contribution >= 0.6 is 0 Å². The molecule has 3 N–H and O–H groups in total. The van der Waals surface area contributed by atoms with Crippen molar-refractivity contribution in [2.24, 2.45) is 0 Å². The van der Waals surface area contributed by atoms with Gasteiger partial charge in [-0.1, -0.05) is 6.07 Å². The third-order valence-electron chi connectivity index (χ3n) is 3.10. The summed E-state index contributed by atoms with van der Waals surface area (Å²) in [7, 11) is 0. The first-order valence-corrected chi connectivity index (χ1v) is 6.20. The molecule has 0 saturated carbocycles. The van der Waals surface area contributed by atoms with Gasteiger partial charge in [0.2, 0.25) is 5.95 Å². The Morgan fingerprint density at radius 1 is 1.27 bits per heavy atom. The quantitative estimate of drug-likeness (QED) is 0.719. The molecular weight excluding hydrogens is 299 g/mol. The molecule has 0 atom stereocenters. The molecule has 3 aromatic rings. The lowest BCUT2D eigenvalue weighted by Crippen LogP contribution is -2.14. The van der Waals surface area contributed by atoms with Crippen molar-refractivity contribution in [3.05, 3.63) is 46.0 Å². The summed E-state index contributed by atoms with van der Waals surface area (Å²) in [5.74, 6) is 0.226. The van der Waals surface area contributed by atoms with Gasteiger partial charge in [0.05, 0.1) is 5.56 Å². The second-order valence-electron chi connectivity index (χ2n) is 4.68. The second kappa shape index (κ2) is 4.58. The van der Waals surface area contributed by atoms with E-state index in [1.807, 2.05) is 0 Å². The van der Waals surface area contributed by atoms with Crippen molar-refractivity contribution in [2.75, 3.05) is 5.73 Å². The Morgan fingerprint density at radius 3 is 2.68 bits per heavy atom. The van der Waals surface area contributed by atoms with Crippen LogP contribution in [-0.4, -0.2) is 19.5 Å². The van der Waals surface area contributed by atoms with E-state index in [2.05, 4.69) is 15.0 Å². The van der Waals surface area contributed by atoms with Crippen LogP contribution in [0.4, 0.5) is 19.1 Å². The van der Waals surface area contributed by atoms with Gasteiger partial charge >= 0.3 is 6.18 Å². The van der Waals surface area contributed by atoms with Crippen LogP contribution < -0.4 is 11.3 Å². The molecule has 0 unspecified atom stereocenters. The van der Waals surface area contributed by atoms with E-state index in [1.165, 1.54) is 12.1 Å². The number of imidazole rings is 1. The highest BCUT2D eigenvalue weighted by atomic mass is 19.4. The molecule has 114 valence electrons. The van der Waals surface area contributed by atoms with E-state index in [-0.39, 0.29) is 22.8 Å². The lowest BCUT2D eigenvalue weighted by molar-refractivity contribution is -0.137. The SMILES string of the molecule is Cc1nc2nc(N)n(-c3cccc(C(F)(F)F)c3)c2c(=O)[nH]1. The number of nitrogen functional groups attached to an aromatic ring is 1. The summed E-state index contributed by atoms with van der Waals surface area (Å²) in [5, 5.41) is 0. The number of H-pyrrole nitrogens is 1. The third-order valence-corrected chi connectivity index (χ3v) is 3.10. The molecule has 3 rings (SSSR count). The van der Waals surface area contributed by atoms with Crippen molar-refractivity contribution in [1.82, 2.24) is 19.5 Å². The summed E-state index contributed by atoms with van der Waals surface area (Å²) in [6, 6.07) is 4.48. The van der Waals surface area contributed by atoms with Gasteiger partial charge in [0.15, 0.2) is 11.2 Å². The molecule has 9 heteroatoms. The van der Waals surface area contributed by atoms with Gasteiger partial charge in [0.25, 0.3) is 5.56 Å².